The molecule has 2 N–H and O–H groups in total. The minimum absolute atomic E-state index is 0.0649. The van der Waals surface area contributed by atoms with Gasteiger partial charge in [-0.3, -0.25) is 4.79 Å². The quantitative estimate of drug-likeness (QED) is 0.840. The van der Waals surface area contributed by atoms with Crippen LogP contribution in [0.15, 0.2) is 33.4 Å². The zero-order chi connectivity index (χ0) is 15.3. The fraction of sp³-hybridized carbons (Fsp3) is 0.400. The van der Waals surface area contributed by atoms with Gasteiger partial charge in [0.25, 0.3) is 0 Å². The van der Waals surface area contributed by atoms with Crippen molar-refractivity contribution in [2.45, 2.75) is 32.7 Å². The van der Waals surface area contributed by atoms with Crippen molar-refractivity contribution in [2.24, 2.45) is 5.41 Å². The van der Waals surface area contributed by atoms with Crippen LogP contribution in [-0.2, 0) is 4.79 Å². The van der Waals surface area contributed by atoms with Crippen LogP contribution in [0.1, 0.15) is 37.6 Å². The van der Waals surface area contributed by atoms with E-state index in [-0.39, 0.29) is 17.2 Å². The molecule has 0 unspecified atom stereocenters. The minimum atomic E-state index is -0.209. The molecule has 0 aromatic carbocycles. The Kier molecular flexibility index (Phi) is 2.87. The molecule has 6 nitrogen and oxygen atoms in total. The molecule has 1 aliphatic heterocycles. The van der Waals surface area contributed by atoms with Gasteiger partial charge in [-0.05, 0) is 33.6 Å². The van der Waals surface area contributed by atoms with Crippen molar-refractivity contribution in [3.63, 3.8) is 0 Å². The molecule has 0 fully saturated rings. The van der Waals surface area contributed by atoms with Crippen LogP contribution in [0.4, 0.5) is 11.6 Å². The summed E-state index contributed by atoms with van der Waals surface area (Å²) >= 11 is 1.62. The summed E-state index contributed by atoms with van der Waals surface area (Å²) in [6.07, 6.45) is 1.34. The third-order valence-electron chi connectivity index (χ3n) is 4.08. The molecule has 7 heteroatoms. The number of Topliss-reactive ketones (excluding diaryl/α,β-unsaturated/α-hetero) is 1. The monoisotopic (exact) mass is 316 g/mol. The lowest BCUT2D eigenvalue weighted by atomic mass is 9.74. The topological polar surface area (TPSA) is 80.1 Å². The van der Waals surface area contributed by atoms with Crippen molar-refractivity contribution in [2.75, 3.05) is 10.6 Å². The molecular formula is C15H16N4O2S. The maximum atomic E-state index is 12.8. The van der Waals surface area contributed by atoms with Gasteiger partial charge in [-0.2, -0.15) is 0 Å². The number of ketones is 1. The second-order valence-electron chi connectivity index (χ2n) is 6.51. The number of allylic oxidation sites excluding steroid dienone is 1. The van der Waals surface area contributed by atoms with Crippen LogP contribution >= 0.6 is 11.3 Å². The summed E-state index contributed by atoms with van der Waals surface area (Å²) in [5, 5.41) is 16.4. The molecule has 3 heterocycles. The molecule has 0 saturated heterocycles. The maximum Gasteiger partial charge on any atom is 0.219 e. The van der Waals surface area contributed by atoms with Crippen LogP contribution in [-0.4, -0.2) is 16.1 Å². The average molecular weight is 316 g/mol. The van der Waals surface area contributed by atoms with Gasteiger partial charge in [-0.25, -0.2) is 4.63 Å². The number of carbonyl (C=O) groups is 1. The summed E-state index contributed by atoms with van der Waals surface area (Å²) < 4.78 is 4.82. The van der Waals surface area contributed by atoms with E-state index in [0.29, 0.717) is 18.1 Å². The predicted octanol–water partition coefficient (Wildman–Crippen LogP) is 3.35. The van der Waals surface area contributed by atoms with E-state index in [1.165, 1.54) is 0 Å². The van der Waals surface area contributed by atoms with Gasteiger partial charge < -0.3 is 10.6 Å². The number of aromatic nitrogens is 2. The van der Waals surface area contributed by atoms with Gasteiger partial charge in [0.05, 0.1) is 6.04 Å². The lowest BCUT2D eigenvalue weighted by Gasteiger charge is -2.33. The standard InChI is InChI=1S/C15H16N4O2S/c1-15(2)6-8-11(9(20)7-15)12(10-4-3-5-22-10)17-14-13(16-8)18-21-19-14/h3-5,12H,6-7H2,1-2H3,(H,16,18)(H,17,19)/t12-/m1/s1. The van der Waals surface area contributed by atoms with Crippen molar-refractivity contribution in [1.82, 2.24) is 10.3 Å². The Morgan fingerprint density at radius 3 is 2.91 bits per heavy atom. The van der Waals surface area contributed by atoms with E-state index >= 15 is 0 Å². The fourth-order valence-electron chi connectivity index (χ4n) is 3.17. The third kappa shape index (κ3) is 2.12. The largest absolute Gasteiger partial charge is 0.352 e. The van der Waals surface area contributed by atoms with E-state index in [1.54, 1.807) is 11.3 Å². The first-order valence-corrected chi connectivity index (χ1v) is 8.07. The molecule has 0 radical (unpaired) electrons. The normalized spacial score (nSPS) is 23.2. The van der Waals surface area contributed by atoms with Gasteiger partial charge in [-0.1, -0.05) is 19.9 Å². The number of fused-ring (bicyclic) bond motifs is 1. The van der Waals surface area contributed by atoms with Crippen molar-refractivity contribution in [1.29, 1.82) is 0 Å². The molecule has 0 spiro atoms. The molecule has 22 heavy (non-hydrogen) atoms. The lowest BCUT2D eigenvalue weighted by Crippen LogP contribution is -2.31. The predicted molar refractivity (Wildman–Crippen MR) is 83.7 cm³/mol. The van der Waals surface area contributed by atoms with Crippen molar-refractivity contribution in [3.05, 3.63) is 33.7 Å². The summed E-state index contributed by atoms with van der Waals surface area (Å²) in [6.45, 7) is 4.22. The number of nitrogens with zero attached hydrogens (tertiary/aromatic N) is 2. The summed E-state index contributed by atoms with van der Waals surface area (Å²) in [5.41, 5.74) is 1.65. The minimum Gasteiger partial charge on any atom is -0.352 e. The van der Waals surface area contributed by atoms with Crippen LogP contribution < -0.4 is 10.6 Å². The highest BCUT2D eigenvalue weighted by Gasteiger charge is 2.39. The first-order chi connectivity index (χ1) is 10.5. The van der Waals surface area contributed by atoms with Crippen molar-refractivity contribution in [3.8, 4) is 0 Å². The van der Waals surface area contributed by atoms with E-state index < -0.39 is 0 Å². The number of rotatable bonds is 1. The first-order valence-electron chi connectivity index (χ1n) is 7.19. The second kappa shape index (κ2) is 4.67. The zero-order valence-electron chi connectivity index (χ0n) is 12.3. The van der Waals surface area contributed by atoms with E-state index in [4.69, 9.17) is 4.63 Å². The molecule has 1 atom stereocenters. The van der Waals surface area contributed by atoms with Gasteiger partial charge in [0.2, 0.25) is 11.6 Å². The van der Waals surface area contributed by atoms with Crippen LogP contribution in [0.5, 0.6) is 0 Å². The maximum absolute atomic E-state index is 12.8. The summed E-state index contributed by atoms with van der Waals surface area (Å²) in [4.78, 5) is 13.9. The Morgan fingerprint density at radius 2 is 2.14 bits per heavy atom. The number of hydrogen-bond donors (Lipinski definition) is 2. The number of hydrogen-bond acceptors (Lipinski definition) is 7. The summed E-state index contributed by atoms with van der Waals surface area (Å²) in [6, 6.07) is 3.80. The van der Waals surface area contributed by atoms with E-state index in [1.807, 2.05) is 17.5 Å². The number of carbonyl (C=O) groups excluding carboxylic acids is 1. The molecule has 2 aromatic heterocycles. The Hall–Kier alpha value is -2.15. The van der Waals surface area contributed by atoms with Crippen molar-refractivity contribution < 1.29 is 9.42 Å². The molecular weight excluding hydrogens is 300 g/mol. The van der Waals surface area contributed by atoms with Crippen molar-refractivity contribution >= 4 is 28.8 Å². The van der Waals surface area contributed by atoms with Gasteiger partial charge in [0, 0.05) is 22.6 Å². The summed E-state index contributed by atoms with van der Waals surface area (Å²) in [7, 11) is 0. The van der Waals surface area contributed by atoms with Crippen LogP contribution in [0.25, 0.3) is 0 Å². The van der Waals surface area contributed by atoms with E-state index in [0.717, 1.165) is 22.6 Å². The molecule has 0 saturated carbocycles. The first kappa shape index (κ1) is 13.5. The molecule has 0 amide bonds. The Bertz CT molecular complexity index is 760. The fourth-order valence-corrected chi connectivity index (χ4v) is 3.95. The lowest BCUT2D eigenvalue weighted by molar-refractivity contribution is -0.118. The molecule has 2 aromatic rings. The van der Waals surface area contributed by atoms with Gasteiger partial charge in [0.15, 0.2) is 5.78 Å². The number of thiophene rings is 1. The highest BCUT2D eigenvalue weighted by Crippen LogP contribution is 2.45. The molecule has 1 aliphatic carbocycles. The summed E-state index contributed by atoms with van der Waals surface area (Å²) in [5.74, 6) is 1.25. The molecule has 2 aliphatic rings. The Morgan fingerprint density at radius 1 is 1.32 bits per heavy atom. The number of anilines is 2. The third-order valence-corrected chi connectivity index (χ3v) is 5.01. The Balaban J connectivity index is 1.87. The highest BCUT2D eigenvalue weighted by molar-refractivity contribution is 7.10. The molecule has 0 bridgehead atoms. The van der Waals surface area contributed by atoms with Crippen LogP contribution in [0.2, 0.25) is 0 Å². The number of nitrogens with one attached hydrogen (secondary N) is 2. The van der Waals surface area contributed by atoms with E-state index in [2.05, 4.69) is 34.8 Å². The Labute approximate surface area is 131 Å². The molecule has 4 rings (SSSR count). The second-order valence-corrected chi connectivity index (χ2v) is 7.49. The SMILES string of the molecule is CC1(C)CC(=O)C2=C(C1)Nc1nonc1N[C@@H]2c1cccs1. The van der Waals surface area contributed by atoms with Gasteiger partial charge in [-0.15, -0.1) is 11.3 Å². The average Bonchev–Trinajstić information content (AvgIpc) is 3.06. The zero-order valence-corrected chi connectivity index (χ0v) is 13.2. The van der Waals surface area contributed by atoms with Crippen LogP contribution in [0, 0.1) is 5.41 Å². The highest BCUT2D eigenvalue weighted by atomic mass is 32.1. The smallest absolute Gasteiger partial charge is 0.219 e. The van der Waals surface area contributed by atoms with E-state index in [9.17, 15) is 4.79 Å². The van der Waals surface area contributed by atoms with Crippen LogP contribution in [0.3, 0.4) is 0 Å². The van der Waals surface area contributed by atoms with Gasteiger partial charge >= 0.3 is 0 Å². The van der Waals surface area contributed by atoms with Gasteiger partial charge in [0.1, 0.15) is 0 Å². The molecule has 114 valence electrons.